The topological polar surface area (TPSA) is 75.6 Å². The Morgan fingerprint density at radius 3 is 1.25 bits per heavy atom. The van der Waals surface area contributed by atoms with Gasteiger partial charge in [-0.05, 0) is 97.5 Å². The van der Waals surface area contributed by atoms with Gasteiger partial charge in [-0.2, -0.15) is 0 Å². The molecule has 0 aliphatic heterocycles. The SMILES string of the molecule is CCC(C)(COC)Oc1ccc(C(C)(C)c2ccc(OCC(O)CC(C)(CC)Oc3ccc(C(C)(C)c4ccc(OCCOC)cc4)cc3)cc2)cc1. The third-order valence-corrected chi connectivity index (χ3v) is 10.6. The number of aliphatic hydroxyl groups excluding tert-OH is 1. The molecule has 7 heteroatoms. The van der Waals surface area contributed by atoms with Gasteiger partial charge >= 0.3 is 0 Å². The molecule has 0 radical (unpaired) electrons. The van der Waals surface area contributed by atoms with E-state index >= 15 is 0 Å². The van der Waals surface area contributed by atoms with E-state index in [1.165, 1.54) is 22.3 Å². The number of hydrogen-bond acceptors (Lipinski definition) is 7. The largest absolute Gasteiger partial charge is 0.491 e. The highest BCUT2D eigenvalue weighted by Gasteiger charge is 2.30. The second-order valence-electron chi connectivity index (χ2n) is 15.6. The first kappa shape index (κ1) is 41.7. The van der Waals surface area contributed by atoms with Crippen molar-refractivity contribution in [2.45, 2.75) is 103 Å². The van der Waals surface area contributed by atoms with Crippen LogP contribution in [0, 0.1) is 0 Å². The summed E-state index contributed by atoms with van der Waals surface area (Å²) in [6.07, 6.45) is 1.32. The van der Waals surface area contributed by atoms with Gasteiger partial charge in [0.2, 0.25) is 0 Å². The molecule has 0 heterocycles. The zero-order chi connectivity index (χ0) is 38.7. The van der Waals surface area contributed by atoms with E-state index in [4.69, 9.17) is 28.4 Å². The molecule has 3 unspecified atom stereocenters. The average molecular weight is 727 g/mol. The van der Waals surface area contributed by atoms with E-state index in [1.807, 2.05) is 55.5 Å². The van der Waals surface area contributed by atoms with Crippen molar-refractivity contribution >= 4 is 0 Å². The standard InChI is InChI=1S/C46H62O7/c1-11-45(7,52-41-25-17-36(18-26-41)43(3,4)34-13-21-39(22-14-34)50-30-29-48-9)31-38(47)32-51-40-23-15-35(16-24-40)44(5,6)37-19-27-42(28-20-37)53-46(8,12-2)33-49-10/h13-28,38,47H,11-12,29-33H2,1-10H3. The van der Waals surface area contributed by atoms with Crippen LogP contribution in [0.1, 0.15) is 96.9 Å². The Balaban J connectivity index is 1.31. The molecular weight excluding hydrogens is 664 g/mol. The van der Waals surface area contributed by atoms with Crippen LogP contribution in [-0.4, -0.2) is 63.1 Å². The van der Waals surface area contributed by atoms with Crippen molar-refractivity contribution in [3.8, 4) is 23.0 Å². The highest BCUT2D eigenvalue weighted by Crippen LogP contribution is 2.36. The summed E-state index contributed by atoms with van der Waals surface area (Å²) in [5.74, 6) is 3.15. The predicted octanol–water partition coefficient (Wildman–Crippen LogP) is 9.93. The average Bonchev–Trinajstić information content (AvgIpc) is 3.15. The van der Waals surface area contributed by atoms with Crippen LogP contribution in [0.2, 0.25) is 0 Å². The zero-order valence-corrected chi connectivity index (χ0v) is 33.7. The molecule has 3 atom stereocenters. The van der Waals surface area contributed by atoms with Gasteiger partial charge in [0.05, 0.1) is 19.3 Å². The highest BCUT2D eigenvalue weighted by atomic mass is 16.5. The monoisotopic (exact) mass is 726 g/mol. The molecule has 0 amide bonds. The van der Waals surface area contributed by atoms with Crippen LogP contribution in [0.15, 0.2) is 97.1 Å². The number of ether oxygens (including phenoxy) is 6. The van der Waals surface area contributed by atoms with Crippen molar-refractivity contribution in [1.29, 1.82) is 0 Å². The summed E-state index contributed by atoms with van der Waals surface area (Å²) in [6.45, 7) is 18.9. The number of benzene rings is 4. The van der Waals surface area contributed by atoms with Gasteiger partial charge in [-0.25, -0.2) is 0 Å². The van der Waals surface area contributed by atoms with Crippen LogP contribution < -0.4 is 18.9 Å². The van der Waals surface area contributed by atoms with E-state index in [2.05, 4.69) is 97.0 Å². The maximum atomic E-state index is 11.0. The van der Waals surface area contributed by atoms with E-state index in [0.717, 1.165) is 35.8 Å². The summed E-state index contributed by atoms with van der Waals surface area (Å²) in [5, 5.41) is 11.0. The van der Waals surface area contributed by atoms with Crippen LogP contribution in [0.25, 0.3) is 0 Å². The van der Waals surface area contributed by atoms with Gasteiger partial charge in [-0.1, -0.05) is 90.1 Å². The van der Waals surface area contributed by atoms with Gasteiger partial charge in [0, 0.05) is 31.5 Å². The Bertz CT molecular complexity index is 1660. The highest BCUT2D eigenvalue weighted by molar-refractivity contribution is 5.43. The molecule has 0 aliphatic rings. The second-order valence-corrected chi connectivity index (χ2v) is 15.6. The van der Waals surface area contributed by atoms with Gasteiger partial charge in [0.1, 0.15) is 47.4 Å². The Hall–Kier alpha value is -4.04. The minimum absolute atomic E-state index is 0.173. The molecule has 4 rings (SSSR count). The predicted molar refractivity (Wildman–Crippen MR) is 214 cm³/mol. The molecule has 0 aromatic heterocycles. The van der Waals surface area contributed by atoms with Gasteiger partial charge < -0.3 is 33.5 Å². The first-order chi connectivity index (χ1) is 25.2. The van der Waals surface area contributed by atoms with Crippen molar-refractivity contribution in [2.75, 3.05) is 40.6 Å². The van der Waals surface area contributed by atoms with Gasteiger partial charge in [0.15, 0.2) is 0 Å². The fraction of sp³-hybridized carbons (Fsp3) is 0.478. The van der Waals surface area contributed by atoms with Crippen LogP contribution in [0.3, 0.4) is 0 Å². The summed E-state index contributed by atoms with van der Waals surface area (Å²) >= 11 is 0. The third-order valence-electron chi connectivity index (χ3n) is 10.6. The van der Waals surface area contributed by atoms with Crippen molar-refractivity contribution in [3.05, 3.63) is 119 Å². The minimum Gasteiger partial charge on any atom is -0.491 e. The number of methoxy groups -OCH3 is 2. The molecule has 4 aromatic carbocycles. The van der Waals surface area contributed by atoms with Crippen molar-refractivity contribution < 1.29 is 33.5 Å². The van der Waals surface area contributed by atoms with Gasteiger partial charge in [0.25, 0.3) is 0 Å². The molecule has 0 saturated carbocycles. The smallest absolute Gasteiger partial charge is 0.129 e. The lowest BCUT2D eigenvalue weighted by Crippen LogP contribution is -2.37. The van der Waals surface area contributed by atoms with Crippen LogP contribution in [0.5, 0.6) is 23.0 Å². The maximum absolute atomic E-state index is 11.0. The minimum atomic E-state index is -0.699. The lowest BCUT2D eigenvalue weighted by molar-refractivity contribution is 0.00132. The summed E-state index contributed by atoms with van der Waals surface area (Å²) in [4.78, 5) is 0. The van der Waals surface area contributed by atoms with Crippen LogP contribution in [0.4, 0.5) is 0 Å². The molecule has 4 aromatic rings. The van der Waals surface area contributed by atoms with Crippen molar-refractivity contribution in [1.82, 2.24) is 0 Å². The molecule has 288 valence electrons. The summed E-state index contributed by atoms with van der Waals surface area (Å²) in [7, 11) is 3.37. The second kappa shape index (κ2) is 18.3. The summed E-state index contributed by atoms with van der Waals surface area (Å²) < 4.78 is 35.0. The van der Waals surface area contributed by atoms with E-state index in [0.29, 0.717) is 26.2 Å². The van der Waals surface area contributed by atoms with E-state index in [9.17, 15) is 5.11 Å². The Morgan fingerprint density at radius 1 is 0.491 bits per heavy atom. The van der Waals surface area contributed by atoms with Crippen molar-refractivity contribution in [2.24, 2.45) is 0 Å². The first-order valence-corrected chi connectivity index (χ1v) is 18.9. The normalized spacial score (nSPS) is 14.8. The van der Waals surface area contributed by atoms with Crippen LogP contribution >= 0.6 is 0 Å². The van der Waals surface area contributed by atoms with E-state index in [-0.39, 0.29) is 23.0 Å². The molecule has 0 fully saturated rings. The number of aliphatic hydroxyl groups is 1. The first-order valence-electron chi connectivity index (χ1n) is 18.9. The lowest BCUT2D eigenvalue weighted by Gasteiger charge is -2.32. The van der Waals surface area contributed by atoms with Crippen LogP contribution in [-0.2, 0) is 20.3 Å². The fourth-order valence-corrected chi connectivity index (χ4v) is 6.48. The molecule has 0 spiro atoms. The molecule has 0 aliphatic carbocycles. The molecule has 7 nitrogen and oxygen atoms in total. The quantitative estimate of drug-likeness (QED) is 0.0857. The molecule has 53 heavy (non-hydrogen) atoms. The number of rotatable bonds is 21. The molecule has 1 N–H and O–H groups in total. The molecule has 0 bridgehead atoms. The Morgan fingerprint density at radius 2 is 0.868 bits per heavy atom. The summed E-state index contributed by atoms with van der Waals surface area (Å²) in [6, 6.07) is 33.0. The third kappa shape index (κ3) is 11.2. The van der Waals surface area contributed by atoms with Crippen molar-refractivity contribution in [3.63, 3.8) is 0 Å². The Kier molecular flexibility index (Phi) is 14.4. The Labute approximate surface area is 318 Å². The zero-order valence-electron chi connectivity index (χ0n) is 33.7. The summed E-state index contributed by atoms with van der Waals surface area (Å²) in [5.41, 5.74) is 3.37. The fourth-order valence-electron chi connectivity index (χ4n) is 6.48. The molecular formula is C46H62O7. The number of hydrogen-bond donors (Lipinski definition) is 1. The van der Waals surface area contributed by atoms with Gasteiger partial charge in [-0.15, -0.1) is 0 Å². The van der Waals surface area contributed by atoms with E-state index < -0.39 is 11.7 Å². The molecule has 0 saturated heterocycles. The van der Waals surface area contributed by atoms with E-state index in [1.54, 1.807) is 14.2 Å². The maximum Gasteiger partial charge on any atom is 0.129 e. The lowest BCUT2D eigenvalue weighted by atomic mass is 9.78. The van der Waals surface area contributed by atoms with Gasteiger partial charge in [-0.3, -0.25) is 0 Å².